The molecule has 0 amide bonds. The van der Waals surface area contributed by atoms with Crippen molar-refractivity contribution in [3.63, 3.8) is 0 Å². The van der Waals surface area contributed by atoms with E-state index in [1.54, 1.807) is 0 Å². The lowest BCUT2D eigenvalue weighted by Gasteiger charge is -2.44. The SMILES string of the molecule is CC(C)(C)N1CCN(CC2(C=O)CCCOC2)CC1. The quantitative estimate of drug-likeness (QED) is 0.724. The lowest BCUT2D eigenvalue weighted by atomic mass is 9.83. The third-order valence-corrected chi connectivity index (χ3v) is 4.46. The van der Waals surface area contributed by atoms with Crippen LogP contribution >= 0.6 is 0 Å². The largest absolute Gasteiger partial charge is 0.380 e. The van der Waals surface area contributed by atoms with Crippen LogP contribution < -0.4 is 0 Å². The van der Waals surface area contributed by atoms with Gasteiger partial charge in [0.05, 0.1) is 12.0 Å². The maximum Gasteiger partial charge on any atom is 0.129 e. The zero-order chi connectivity index (χ0) is 13.9. The van der Waals surface area contributed by atoms with Gasteiger partial charge in [-0.25, -0.2) is 0 Å². The molecule has 110 valence electrons. The predicted octanol–water partition coefficient (Wildman–Crippen LogP) is 1.40. The number of nitrogens with zero attached hydrogens (tertiary/aromatic N) is 2. The monoisotopic (exact) mass is 268 g/mol. The first-order valence-corrected chi connectivity index (χ1v) is 7.47. The second-order valence-electron chi connectivity index (χ2n) is 7.07. The molecule has 0 aromatic heterocycles. The Balaban J connectivity index is 1.86. The Bertz CT molecular complexity index is 298. The molecule has 0 radical (unpaired) electrons. The van der Waals surface area contributed by atoms with Crippen molar-refractivity contribution in [2.45, 2.75) is 39.2 Å². The summed E-state index contributed by atoms with van der Waals surface area (Å²) in [7, 11) is 0. The average Bonchev–Trinajstić information content (AvgIpc) is 2.39. The van der Waals surface area contributed by atoms with Crippen molar-refractivity contribution in [3.8, 4) is 0 Å². The van der Waals surface area contributed by atoms with E-state index in [1.807, 2.05) is 0 Å². The summed E-state index contributed by atoms with van der Waals surface area (Å²) in [6, 6.07) is 0. The molecule has 1 unspecified atom stereocenters. The van der Waals surface area contributed by atoms with Crippen molar-refractivity contribution in [2.75, 3.05) is 45.9 Å². The maximum absolute atomic E-state index is 11.5. The van der Waals surface area contributed by atoms with E-state index in [-0.39, 0.29) is 11.0 Å². The van der Waals surface area contributed by atoms with Crippen molar-refractivity contribution < 1.29 is 9.53 Å². The van der Waals surface area contributed by atoms with Gasteiger partial charge < -0.3 is 9.53 Å². The van der Waals surface area contributed by atoms with E-state index in [0.29, 0.717) is 6.61 Å². The average molecular weight is 268 g/mol. The molecule has 2 fully saturated rings. The minimum absolute atomic E-state index is 0.248. The van der Waals surface area contributed by atoms with Gasteiger partial charge in [-0.05, 0) is 33.6 Å². The van der Waals surface area contributed by atoms with Crippen molar-refractivity contribution in [3.05, 3.63) is 0 Å². The van der Waals surface area contributed by atoms with Gasteiger partial charge in [-0.2, -0.15) is 0 Å². The lowest BCUT2D eigenvalue weighted by molar-refractivity contribution is -0.126. The second-order valence-corrected chi connectivity index (χ2v) is 7.07. The van der Waals surface area contributed by atoms with Gasteiger partial charge in [0.1, 0.15) is 6.29 Å². The predicted molar refractivity (Wildman–Crippen MR) is 76.3 cm³/mol. The van der Waals surface area contributed by atoms with Crippen LogP contribution in [0.5, 0.6) is 0 Å². The second kappa shape index (κ2) is 5.90. The van der Waals surface area contributed by atoms with Gasteiger partial charge in [-0.1, -0.05) is 0 Å². The molecule has 19 heavy (non-hydrogen) atoms. The molecule has 2 aliphatic heterocycles. The van der Waals surface area contributed by atoms with Crippen molar-refractivity contribution >= 4 is 6.29 Å². The normalized spacial score (nSPS) is 31.3. The summed E-state index contributed by atoms with van der Waals surface area (Å²) in [6.45, 7) is 13.4. The summed E-state index contributed by atoms with van der Waals surface area (Å²) in [5.41, 5.74) is 0.00450. The summed E-state index contributed by atoms with van der Waals surface area (Å²) in [5, 5.41) is 0. The zero-order valence-electron chi connectivity index (χ0n) is 12.7. The summed E-state index contributed by atoms with van der Waals surface area (Å²) in [4.78, 5) is 16.4. The number of aldehydes is 1. The van der Waals surface area contributed by atoms with Crippen LogP contribution in [0.1, 0.15) is 33.6 Å². The molecule has 2 saturated heterocycles. The molecular formula is C15H28N2O2. The minimum Gasteiger partial charge on any atom is -0.380 e. The number of ether oxygens (including phenoxy) is 1. The Morgan fingerprint density at radius 3 is 2.37 bits per heavy atom. The molecule has 2 rings (SSSR count). The zero-order valence-corrected chi connectivity index (χ0v) is 12.7. The Morgan fingerprint density at radius 2 is 1.89 bits per heavy atom. The summed E-state index contributed by atoms with van der Waals surface area (Å²) in [6.07, 6.45) is 3.14. The maximum atomic E-state index is 11.5. The molecule has 4 heteroatoms. The smallest absolute Gasteiger partial charge is 0.129 e. The molecular weight excluding hydrogens is 240 g/mol. The Labute approximate surface area is 117 Å². The van der Waals surface area contributed by atoms with Gasteiger partial charge in [0.2, 0.25) is 0 Å². The van der Waals surface area contributed by atoms with Gasteiger partial charge in [-0.3, -0.25) is 9.80 Å². The van der Waals surface area contributed by atoms with Crippen LogP contribution in [0.3, 0.4) is 0 Å². The Hall–Kier alpha value is -0.450. The van der Waals surface area contributed by atoms with Crippen molar-refractivity contribution in [1.82, 2.24) is 9.80 Å². The van der Waals surface area contributed by atoms with Gasteiger partial charge >= 0.3 is 0 Å². The molecule has 2 heterocycles. The highest BCUT2D eigenvalue weighted by atomic mass is 16.5. The first-order valence-electron chi connectivity index (χ1n) is 7.47. The van der Waals surface area contributed by atoms with Crippen LogP contribution in [0.2, 0.25) is 0 Å². The van der Waals surface area contributed by atoms with Crippen LogP contribution in [0.25, 0.3) is 0 Å². The third-order valence-electron chi connectivity index (χ3n) is 4.46. The molecule has 1 atom stereocenters. The van der Waals surface area contributed by atoms with E-state index in [1.165, 1.54) is 0 Å². The number of carbonyl (C=O) groups is 1. The van der Waals surface area contributed by atoms with E-state index >= 15 is 0 Å². The van der Waals surface area contributed by atoms with Gasteiger partial charge in [0, 0.05) is 44.9 Å². The molecule has 0 N–H and O–H groups in total. The summed E-state index contributed by atoms with van der Waals surface area (Å²) >= 11 is 0. The molecule has 0 aromatic carbocycles. The lowest BCUT2D eigenvalue weighted by Crippen LogP contribution is -2.56. The first kappa shape index (κ1) is 14.9. The molecule has 0 aromatic rings. The summed E-state index contributed by atoms with van der Waals surface area (Å²) in [5.74, 6) is 0. The van der Waals surface area contributed by atoms with Crippen LogP contribution in [0, 0.1) is 5.41 Å². The Kier molecular flexibility index (Phi) is 4.64. The molecule has 4 nitrogen and oxygen atoms in total. The standard InChI is InChI=1S/C15H28N2O2/c1-14(2,3)17-8-6-16(7-9-17)11-15(12-18)5-4-10-19-13-15/h12H,4-11,13H2,1-3H3. The highest BCUT2D eigenvalue weighted by molar-refractivity contribution is 5.60. The van der Waals surface area contributed by atoms with E-state index in [2.05, 4.69) is 30.6 Å². The fourth-order valence-corrected chi connectivity index (χ4v) is 3.15. The fourth-order valence-electron chi connectivity index (χ4n) is 3.15. The van der Waals surface area contributed by atoms with Crippen LogP contribution in [0.4, 0.5) is 0 Å². The van der Waals surface area contributed by atoms with E-state index in [0.717, 1.165) is 58.5 Å². The highest BCUT2D eigenvalue weighted by Gasteiger charge is 2.36. The molecule has 2 aliphatic rings. The van der Waals surface area contributed by atoms with Gasteiger partial charge in [0.15, 0.2) is 0 Å². The van der Waals surface area contributed by atoms with E-state index in [9.17, 15) is 4.79 Å². The number of hydrogen-bond acceptors (Lipinski definition) is 4. The summed E-state index contributed by atoms with van der Waals surface area (Å²) < 4.78 is 5.52. The number of piperazine rings is 1. The molecule has 0 bridgehead atoms. The van der Waals surface area contributed by atoms with E-state index in [4.69, 9.17) is 4.74 Å². The van der Waals surface area contributed by atoms with E-state index < -0.39 is 0 Å². The Morgan fingerprint density at radius 1 is 1.21 bits per heavy atom. The number of hydrogen-bond donors (Lipinski definition) is 0. The topological polar surface area (TPSA) is 32.8 Å². The van der Waals surface area contributed by atoms with Crippen LogP contribution in [0.15, 0.2) is 0 Å². The molecule has 0 aliphatic carbocycles. The number of carbonyl (C=O) groups excluding carboxylic acids is 1. The highest BCUT2D eigenvalue weighted by Crippen LogP contribution is 2.28. The minimum atomic E-state index is -0.248. The first-order chi connectivity index (χ1) is 8.95. The van der Waals surface area contributed by atoms with Gasteiger partial charge in [-0.15, -0.1) is 0 Å². The third kappa shape index (κ3) is 3.77. The van der Waals surface area contributed by atoms with Crippen molar-refractivity contribution in [2.24, 2.45) is 5.41 Å². The molecule has 0 spiro atoms. The fraction of sp³-hybridized carbons (Fsp3) is 0.933. The van der Waals surface area contributed by atoms with Crippen LogP contribution in [-0.2, 0) is 9.53 Å². The number of rotatable bonds is 3. The van der Waals surface area contributed by atoms with Crippen molar-refractivity contribution in [1.29, 1.82) is 0 Å². The van der Waals surface area contributed by atoms with Gasteiger partial charge in [0.25, 0.3) is 0 Å². The van der Waals surface area contributed by atoms with Crippen LogP contribution in [-0.4, -0.2) is 67.6 Å². The molecule has 0 saturated carbocycles.